The molecule has 4 rings (SSSR count). The van der Waals surface area contributed by atoms with Crippen molar-refractivity contribution in [1.29, 1.82) is 0 Å². The Morgan fingerprint density at radius 2 is 1.25 bits per heavy atom. The molecule has 1 aliphatic heterocycles. The molecule has 0 aliphatic carbocycles. The first kappa shape index (κ1) is 26.3. The van der Waals surface area contributed by atoms with Gasteiger partial charge in [-0.25, -0.2) is 5.56 Å². The maximum Gasteiger partial charge on any atom is 0.00425 e. The number of fused-ring (bicyclic) bond motifs is 8. The maximum atomic E-state index is 4.74. The third kappa shape index (κ3) is 7.36. The van der Waals surface area contributed by atoms with Crippen molar-refractivity contribution < 1.29 is 21.1 Å². The largest absolute Gasteiger partial charge is 0.320 e. The van der Waals surface area contributed by atoms with E-state index in [9.17, 15) is 0 Å². The fourth-order valence-corrected chi connectivity index (χ4v) is 2.69. The summed E-state index contributed by atoms with van der Waals surface area (Å²) in [5, 5.41) is 0. The number of aromatic nitrogens is 1. The number of hydrogen-bond acceptors (Lipinski definition) is 1. The minimum atomic E-state index is 0. The molecule has 2 heterocycles. The van der Waals surface area contributed by atoms with Gasteiger partial charge in [0, 0.05) is 32.5 Å². The van der Waals surface area contributed by atoms with E-state index in [-0.39, 0.29) is 21.1 Å². The minimum Gasteiger partial charge on any atom is -0.320 e. The van der Waals surface area contributed by atoms with Crippen LogP contribution in [0.25, 0.3) is 22.4 Å². The van der Waals surface area contributed by atoms with E-state index < -0.39 is 0 Å². The van der Waals surface area contributed by atoms with Crippen molar-refractivity contribution in [1.82, 2.24) is 4.98 Å². The third-order valence-corrected chi connectivity index (χ3v) is 3.74. The molecule has 1 aliphatic rings. The molecule has 28 heavy (non-hydrogen) atoms. The fourth-order valence-electron chi connectivity index (χ4n) is 2.69. The smallest absolute Gasteiger partial charge is 0.00425 e. The Kier molecular flexibility index (Phi) is 14.3. The predicted octanol–water partition coefficient (Wildman–Crippen LogP) is 7.39. The Morgan fingerprint density at radius 1 is 0.679 bits per heavy atom. The number of pyridine rings is 1. The fraction of sp³-hybridized carbons (Fsp3) is 0.308. The van der Waals surface area contributed by atoms with E-state index in [4.69, 9.17) is 4.98 Å². The van der Waals surface area contributed by atoms with Crippen molar-refractivity contribution in [2.24, 2.45) is 0 Å². The summed E-state index contributed by atoms with van der Waals surface area (Å²) in [7, 11) is 0. The molecular weight excluding hydrogens is 521 g/mol. The van der Waals surface area contributed by atoms with Crippen molar-refractivity contribution in [3.8, 4) is 22.4 Å². The van der Waals surface area contributed by atoms with Gasteiger partial charge < -0.3 is 6.42 Å². The molecule has 0 fully saturated rings. The zero-order valence-electron chi connectivity index (χ0n) is 18.0. The van der Waals surface area contributed by atoms with Crippen LogP contribution in [0.3, 0.4) is 0 Å². The van der Waals surface area contributed by atoms with Crippen LogP contribution in [0.2, 0.25) is 0 Å². The topological polar surface area (TPSA) is 12.9 Å². The van der Waals surface area contributed by atoms with Crippen LogP contribution in [0, 0.1) is 18.6 Å². The molecule has 0 saturated heterocycles. The summed E-state index contributed by atoms with van der Waals surface area (Å²) in [5.41, 5.74) is 6.50. The van der Waals surface area contributed by atoms with E-state index in [0.29, 0.717) is 0 Å². The van der Waals surface area contributed by atoms with Crippen LogP contribution in [-0.2, 0) is 33.9 Å². The summed E-state index contributed by atoms with van der Waals surface area (Å²) in [6.07, 6.45) is 4.06. The van der Waals surface area contributed by atoms with Crippen molar-refractivity contribution in [3.63, 3.8) is 0 Å². The van der Waals surface area contributed by atoms with Gasteiger partial charge in [0.1, 0.15) is 0 Å². The van der Waals surface area contributed by atoms with Gasteiger partial charge in [-0.1, -0.05) is 53.7 Å². The average Bonchev–Trinajstić information content (AvgIpc) is 2.78. The second-order valence-electron chi connectivity index (χ2n) is 5.28. The summed E-state index contributed by atoms with van der Waals surface area (Å²) in [6, 6.07) is 25.7. The molecule has 3 aromatic rings. The predicted molar refractivity (Wildman–Crippen MR) is 119 cm³/mol. The average molecular weight is 554 g/mol. The van der Waals surface area contributed by atoms with Crippen LogP contribution in [-0.4, -0.2) is 4.98 Å². The van der Waals surface area contributed by atoms with E-state index in [1.807, 2.05) is 47.6 Å². The first-order chi connectivity index (χ1) is 13.4. The summed E-state index contributed by atoms with van der Waals surface area (Å²) < 4.78 is 0. The van der Waals surface area contributed by atoms with E-state index >= 15 is 0 Å². The van der Waals surface area contributed by atoms with E-state index in [1.165, 1.54) is 5.56 Å². The molecule has 1 nitrogen and oxygen atoms in total. The van der Waals surface area contributed by atoms with Gasteiger partial charge >= 0.3 is 0 Å². The Morgan fingerprint density at radius 3 is 1.96 bits per heavy atom. The van der Waals surface area contributed by atoms with Crippen molar-refractivity contribution in [3.05, 3.63) is 84.4 Å². The van der Waals surface area contributed by atoms with Crippen molar-refractivity contribution >= 4 is 0 Å². The van der Waals surface area contributed by atoms with Gasteiger partial charge in [-0.3, -0.25) is 4.98 Å². The molecule has 0 atom stereocenters. The van der Waals surface area contributed by atoms with Crippen LogP contribution in [0.4, 0.5) is 0 Å². The summed E-state index contributed by atoms with van der Waals surface area (Å²) in [5.74, 6) is 0. The molecule has 0 spiro atoms. The molecule has 2 heteroatoms. The molecule has 154 valence electrons. The standard InChI is InChI=1S/C20H14N.3C2H6.Pt/c1-5-15-6-2-10-19-11-4-12-20(21-19)18-9-3-8-17(14-18)16(7-1)13-15;3*1-2;/h1-5,7-9,11-12H,6,10H2;3*1-2H3;/q-3;;;;. The quantitative estimate of drug-likeness (QED) is 0.265. The Bertz CT molecular complexity index is 733. The maximum absolute atomic E-state index is 4.74. The third-order valence-electron chi connectivity index (χ3n) is 3.74. The summed E-state index contributed by atoms with van der Waals surface area (Å²) in [6.45, 7) is 12.0. The van der Waals surface area contributed by atoms with E-state index in [1.54, 1.807) is 0 Å². The zero-order chi connectivity index (χ0) is 20.1. The Hall–Kier alpha value is -1.72. The Balaban J connectivity index is 0.000000957. The Labute approximate surface area is 186 Å². The van der Waals surface area contributed by atoms with E-state index in [0.717, 1.165) is 40.9 Å². The van der Waals surface area contributed by atoms with Crippen LogP contribution >= 0.6 is 0 Å². The van der Waals surface area contributed by atoms with Crippen molar-refractivity contribution in [2.75, 3.05) is 0 Å². The van der Waals surface area contributed by atoms with Gasteiger partial charge in [-0.2, -0.15) is 47.9 Å². The van der Waals surface area contributed by atoms with Crippen molar-refractivity contribution in [2.45, 2.75) is 54.4 Å². The molecule has 0 amide bonds. The SMILES string of the molecule is CC.CC.CC.[Pt].[c-]1c2cccc1-c1[c-]c(ccc1)-c1cccc(n1)C[CH-]C2. The molecule has 1 aromatic heterocycles. The second-order valence-corrected chi connectivity index (χ2v) is 5.28. The van der Waals surface area contributed by atoms with Crippen LogP contribution in [0.1, 0.15) is 52.8 Å². The van der Waals surface area contributed by atoms with Gasteiger partial charge in [0.15, 0.2) is 0 Å². The summed E-state index contributed by atoms with van der Waals surface area (Å²) >= 11 is 0. The number of benzene rings is 2. The van der Waals surface area contributed by atoms with Gasteiger partial charge in [0.25, 0.3) is 0 Å². The molecule has 0 N–H and O–H groups in total. The van der Waals surface area contributed by atoms with Gasteiger partial charge in [0.2, 0.25) is 0 Å². The number of nitrogens with zero attached hydrogens (tertiary/aromatic N) is 1. The zero-order valence-corrected chi connectivity index (χ0v) is 20.2. The first-order valence-electron chi connectivity index (χ1n) is 10.2. The molecular formula is C26H32NPt-3. The van der Waals surface area contributed by atoms with Gasteiger partial charge in [0.05, 0.1) is 0 Å². The van der Waals surface area contributed by atoms with Gasteiger partial charge in [-0.15, -0.1) is 30.2 Å². The molecule has 0 radical (unpaired) electrons. The molecule has 0 saturated carbocycles. The first-order valence-corrected chi connectivity index (χ1v) is 10.2. The molecule has 2 aromatic carbocycles. The van der Waals surface area contributed by atoms with Crippen LogP contribution in [0.15, 0.2) is 54.6 Å². The molecule has 0 unspecified atom stereocenters. The number of rotatable bonds is 0. The van der Waals surface area contributed by atoms with Gasteiger partial charge in [-0.05, 0) is 6.07 Å². The molecule has 6 bridgehead atoms. The minimum absolute atomic E-state index is 0. The van der Waals surface area contributed by atoms with Crippen LogP contribution in [0.5, 0.6) is 0 Å². The monoisotopic (exact) mass is 553 g/mol. The van der Waals surface area contributed by atoms with Crippen LogP contribution < -0.4 is 0 Å². The summed E-state index contributed by atoms with van der Waals surface area (Å²) in [4.78, 5) is 4.74. The normalized spacial score (nSPS) is 10.5. The van der Waals surface area contributed by atoms with E-state index in [2.05, 4.69) is 67.1 Å². The number of hydrogen-bond donors (Lipinski definition) is 0. The second kappa shape index (κ2) is 15.2.